The molecule has 29 heavy (non-hydrogen) atoms. The summed E-state index contributed by atoms with van der Waals surface area (Å²) in [6.07, 6.45) is 0. The fourth-order valence-corrected chi connectivity index (χ4v) is 5.06. The van der Waals surface area contributed by atoms with Crippen molar-refractivity contribution in [1.82, 2.24) is 0 Å². The van der Waals surface area contributed by atoms with Gasteiger partial charge in [-0.15, -0.1) is 0 Å². The molecule has 0 saturated carbocycles. The Bertz CT molecular complexity index is 1190. The third-order valence-electron chi connectivity index (χ3n) is 4.39. The van der Waals surface area contributed by atoms with Gasteiger partial charge in [-0.3, -0.25) is 4.55 Å². The number of benzene rings is 3. The van der Waals surface area contributed by atoms with Crippen molar-refractivity contribution in [2.75, 3.05) is 0 Å². The fraction of sp³-hybridized carbons (Fsp3) is 0.0526. The topological polar surface area (TPSA) is 94.8 Å². The van der Waals surface area contributed by atoms with Gasteiger partial charge in [0.05, 0.1) is 10.0 Å². The second kappa shape index (κ2) is 7.87. The van der Waals surface area contributed by atoms with Gasteiger partial charge >= 0.3 is 0 Å². The standard InChI is InChI=1S/C19H12Cl4O5S/c20-13-3-1-2-10(6-13)19(29(26,27)28,11-4-5-14(21)16(24)8-11)12-7-15(22)18(23)17(25)9-12/h1-9,24-25H,(H,26,27,28). The molecule has 3 aromatic carbocycles. The smallest absolute Gasteiger partial charge is 0.283 e. The Balaban J connectivity index is 2.56. The maximum absolute atomic E-state index is 12.9. The van der Waals surface area contributed by atoms with E-state index in [1.807, 2.05) is 0 Å². The van der Waals surface area contributed by atoms with Crippen LogP contribution in [0.5, 0.6) is 11.5 Å². The predicted molar refractivity (Wildman–Crippen MR) is 114 cm³/mol. The second-order valence-electron chi connectivity index (χ2n) is 6.12. The molecule has 1 atom stereocenters. The Labute approximate surface area is 186 Å². The second-order valence-corrected chi connectivity index (χ2v) is 9.32. The number of hydrogen-bond acceptors (Lipinski definition) is 4. The van der Waals surface area contributed by atoms with Gasteiger partial charge in [0.2, 0.25) is 0 Å². The van der Waals surface area contributed by atoms with E-state index in [2.05, 4.69) is 0 Å². The normalized spacial score (nSPS) is 13.8. The lowest BCUT2D eigenvalue weighted by Crippen LogP contribution is -2.38. The highest BCUT2D eigenvalue weighted by atomic mass is 35.5. The van der Waals surface area contributed by atoms with Gasteiger partial charge in [0.1, 0.15) is 16.5 Å². The monoisotopic (exact) mass is 492 g/mol. The van der Waals surface area contributed by atoms with Crippen LogP contribution in [0.4, 0.5) is 0 Å². The molecule has 0 bridgehead atoms. The van der Waals surface area contributed by atoms with Gasteiger partial charge in [-0.2, -0.15) is 8.42 Å². The van der Waals surface area contributed by atoms with E-state index in [0.29, 0.717) is 0 Å². The van der Waals surface area contributed by atoms with Crippen molar-refractivity contribution >= 4 is 56.5 Å². The lowest BCUT2D eigenvalue weighted by molar-refractivity contribution is 0.455. The van der Waals surface area contributed by atoms with E-state index in [0.717, 1.165) is 12.1 Å². The first-order valence-corrected chi connectivity index (χ1v) is 10.8. The third-order valence-corrected chi connectivity index (χ3v) is 7.21. The molecular formula is C19H12Cl4O5S. The van der Waals surface area contributed by atoms with Crippen LogP contribution in [0.25, 0.3) is 0 Å². The number of phenolic OH excluding ortho intramolecular Hbond substituents is 2. The summed E-state index contributed by atoms with van der Waals surface area (Å²) in [5, 5.41) is 20.1. The summed E-state index contributed by atoms with van der Waals surface area (Å²) in [6.45, 7) is 0. The van der Waals surface area contributed by atoms with E-state index in [1.165, 1.54) is 42.5 Å². The van der Waals surface area contributed by atoms with Gasteiger partial charge in [-0.1, -0.05) is 64.6 Å². The summed E-state index contributed by atoms with van der Waals surface area (Å²) in [5.74, 6) is -0.911. The SMILES string of the molecule is O=S(=O)(O)C(c1cccc(Cl)c1)(c1ccc(Cl)c(O)c1)c1cc(O)c(Cl)c(Cl)c1. The average Bonchev–Trinajstić information content (AvgIpc) is 2.62. The lowest BCUT2D eigenvalue weighted by atomic mass is 9.83. The molecule has 0 fully saturated rings. The molecule has 0 radical (unpaired) electrons. The minimum absolute atomic E-state index is 0.0268. The molecule has 5 nitrogen and oxygen atoms in total. The largest absolute Gasteiger partial charge is 0.506 e. The van der Waals surface area contributed by atoms with Gasteiger partial charge in [-0.25, -0.2) is 0 Å². The van der Waals surface area contributed by atoms with Crippen LogP contribution >= 0.6 is 46.4 Å². The molecule has 152 valence electrons. The molecule has 1 unspecified atom stereocenters. The van der Waals surface area contributed by atoms with Gasteiger partial charge in [0, 0.05) is 5.02 Å². The van der Waals surface area contributed by atoms with Crippen LogP contribution in [0.2, 0.25) is 20.1 Å². The zero-order chi connectivity index (χ0) is 21.6. The zero-order valence-corrected chi connectivity index (χ0v) is 18.1. The summed E-state index contributed by atoms with van der Waals surface area (Å²) in [4.78, 5) is 0. The number of hydrogen-bond donors (Lipinski definition) is 3. The maximum atomic E-state index is 12.9. The third kappa shape index (κ3) is 3.77. The van der Waals surface area contributed by atoms with Crippen molar-refractivity contribution < 1.29 is 23.2 Å². The van der Waals surface area contributed by atoms with E-state index >= 15 is 0 Å². The molecule has 0 saturated heterocycles. The van der Waals surface area contributed by atoms with Crippen LogP contribution in [0.3, 0.4) is 0 Å². The fourth-order valence-electron chi connectivity index (χ4n) is 3.16. The molecule has 0 aromatic heterocycles. The lowest BCUT2D eigenvalue weighted by Gasteiger charge is -2.33. The van der Waals surface area contributed by atoms with Crippen molar-refractivity contribution in [3.8, 4) is 11.5 Å². The highest BCUT2D eigenvalue weighted by Crippen LogP contribution is 2.48. The van der Waals surface area contributed by atoms with E-state index in [1.54, 1.807) is 0 Å². The Hall–Kier alpha value is -1.67. The number of phenols is 2. The van der Waals surface area contributed by atoms with E-state index < -0.39 is 26.4 Å². The summed E-state index contributed by atoms with van der Waals surface area (Å²) in [5.41, 5.74) is -0.162. The molecule has 0 amide bonds. The Morgan fingerprint density at radius 2 is 1.34 bits per heavy atom. The number of rotatable bonds is 4. The van der Waals surface area contributed by atoms with Gasteiger partial charge in [0.25, 0.3) is 10.1 Å². The highest BCUT2D eigenvalue weighted by molar-refractivity contribution is 7.87. The maximum Gasteiger partial charge on any atom is 0.283 e. The first kappa shape index (κ1) is 22.0. The van der Waals surface area contributed by atoms with Crippen molar-refractivity contribution in [2.45, 2.75) is 4.75 Å². The molecule has 0 heterocycles. The highest BCUT2D eigenvalue weighted by Gasteiger charge is 2.49. The van der Waals surface area contributed by atoms with Crippen molar-refractivity contribution in [3.05, 3.63) is 91.4 Å². The van der Waals surface area contributed by atoms with Crippen LogP contribution in [0.1, 0.15) is 16.7 Å². The Kier molecular flexibility index (Phi) is 5.98. The van der Waals surface area contributed by atoms with Crippen molar-refractivity contribution in [3.63, 3.8) is 0 Å². The molecule has 10 heteroatoms. The predicted octanol–water partition coefficient (Wildman–Crippen LogP) is 5.89. The van der Waals surface area contributed by atoms with Crippen LogP contribution in [0.15, 0.2) is 54.6 Å². The molecule has 0 aliphatic carbocycles. The molecule has 3 aromatic rings. The van der Waals surface area contributed by atoms with Crippen LogP contribution in [-0.4, -0.2) is 23.2 Å². The summed E-state index contributed by atoms with van der Waals surface area (Å²) in [7, 11) is -5.00. The van der Waals surface area contributed by atoms with Crippen molar-refractivity contribution in [2.24, 2.45) is 0 Å². The van der Waals surface area contributed by atoms with E-state index in [4.69, 9.17) is 46.4 Å². The molecule has 3 N–H and O–H groups in total. The minimum Gasteiger partial charge on any atom is -0.506 e. The molecular weight excluding hydrogens is 482 g/mol. The average molecular weight is 494 g/mol. The van der Waals surface area contributed by atoms with Crippen LogP contribution in [-0.2, 0) is 14.9 Å². The van der Waals surface area contributed by atoms with E-state index in [-0.39, 0.29) is 36.8 Å². The number of halogens is 4. The quantitative estimate of drug-likeness (QED) is 0.311. The molecule has 0 aliphatic heterocycles. The molecule has 0 spiro atoms. The number of aromatic hydroxyl groups is 2. The summed E-state index contributed by atoms with van der Waals surface area (Å²) in [6, 6.07) is 11.7. The summed E-state index contributed by atoms with van der Waals surface area (Å²) >= 11 is 23.9. The zero-order valence-electron chi connectivity index (χ0n) is 14.3. The van der Waals surface area contributed by atoms with Crippen LogP contribution < -0.4 is 0 Å². The van der Waals surface area contributed by atoms with Crippen molar-refractivity contribution in [1.29, 1.82) is 0 Å². The molecule has 3 rings (SSSR count). The first-order valence-electron chi connectivity index (χ1n) is 7.89. The van der Waals surface area contributed by atoms with Gasteiger partial charge < -0.3 is 10.2 Å². The first-order chi connectivity index (χ1) is 13.5. The van der Waals surface area contributed by atoms with E-state index in [9.17, 15) is 23.2 Å². The van der Waals surface area contributed by atoms with Crippen LogP contribution in [0, 0.1) is 0 Å². The van der Waals surface area contributed by atoms with Gasteiger partial charge in [-0.05, 0) is 53.1 Å². The summed E-state index contributed by atoms with van der Waals surface area (Å²) < 4.78 is 34.0. The minimum atomic E-state index is -5.00. The Morgan fingerprint density at radius 1 is 0.724 bits per heavy atom. The Morgan fingerprint density at radius 3 is 1.90 bits per heavy atom. The molecule has 0 aliphatic rings. The van der Waals surface area contributed by atoms with Gasteiger partial charge in [0.15, 0.2) is 4.75 Å².